The fourth-order valence-electron chi connectivity index (χ4n) is 1.58. The van der Waals surface area contributed by atoms with Crippen LogP contribution < -0.4 is 10.6 Å². The highest BCUT2D eigenvalue weighted by Gasteiger charge is 2.20. The number of rotatable bonds is 1. The van der Waals surface area contributed by atoms with Crippen LogP contribution in [0.15, 0.2) is 18.2 Å². The van der Waals surface area contributed by atoms with E-state index in [1.807, 2.05) is 19.1 Å². The standard InChI is InChI=1S/C11H14N2O/c1-3-8-4-5-9-10(6-8)12-7(2)11(14)13-9/h4-7,12H,3H2,1-2H3,(H,13,14). The van der Waals surface area contributed by atoms with E-state index in [4.69, 9.17) is 0 Å². The molecule has 0 saturated heterocycles. The van der Waals surface area contributed by atoms with Gasteiger partial charge in [-0.2, -0.15) is 0 Å². The lowest BCUT2D eigenvalue weighted by Crippen LogP contribution is -2.36. The minimum atomic E-state index is -0.144. The van der Waals surface area contributed by atoms with E-state index in [2.05, 4.69) is 23.6 Å². The summed E-state index contributed by atoms with van der Waals surface area (Å²) in [4.78, 5) is 11.3. The molecule has 1 aromatic rings. The van der Waals surface area contributed by atoms with E-state index in [0.717, 1.165) is 17.8 Å². The Hall–Kier alpha value is -1.51. The van der Waals surface area contributed by atoms with Crippen LogP contribution in [0.3, 0.4) is 0 Å². The number of nitrogens with one attached hydrogen (secondary N) is 2. The SMILES string of the molecule is CCc1ccc2c(c1)NC(C)C(=O)N2. The molecule has 0 spiro atoms. The Morgan fingerprint density at radius 1 is 1.36 bits per heavy atom. The summed E-state index contributed by atoms with van der Waals surface area (Å²) in [6.45, 7) is 3.98. The Kier molecular flexibility index (Phi) is 2.15. The van der Waals surface area contributed by atoms with Crippen LogP contribution in [0.5, 0.6) is 0 Å². The van der Waals surface area contributed by atoms with Crippen molar-refractivity contribution in [3.05, 3.63) is 23.8 Å². The van der Waals surface area contributed by atoms with Crippen molar-refractivity contribution < 1.29 is 4.79 Å². The maximum absolute atomic E-state index is 11.3. The van der Waals surface area contributed by atoms with Crippen LogP contribution in [0.25, 0.3) is 0 Å². The molecular weight excluding hydrogens is 176 g/mol. The van der Waals surface area contributed by atoms with Crippen molar-refractivity contribution in [1.82, 2.24) is 0 Å². The number of anilines is 2. The van der Waals surface area contributed by atoms with Crippen LogP contribution in [0.2, 0.25) is 0 Å². The van der Waals surface area contributed by atoms with Crippen molar-refractivity contribution >= 4 is 17.3 Å². The van der Waals surface area contributed by atoms with Gasteiger partial charge in [0, 0.05) is 0 Å². The second-order valence-corrected chi connectivity index (χ2v) is 3.59. The van der Waals surface area contributed by atoms with Crippen molar-refractivity contribution in [3.8, 4) is 0 Å². The summed E-state index contributed by atoms with van der Waals surface area (Å²) in [7, 11) is 0. The number of carbonyl (C=O) groups is 1. The highest BCUT2D eigenvalue weighted by Crippen LogP contribution is 2.27. The van der Waals surface area contributed by atoms with Crippen molar-refractivity contribution in [1.29, 1.82) is 0 Å². The third-order valence-electron chi connectivity index (χ3n) is 2.52. The number of amides is 1. The molecule has 74 valence electrons. The fourth-order valence-corrected chi connectivity index (χ4v) is 1.58. The topological polar surface area (TPSA) is 41.1 Å². The Bertz CT molecular complexity index is 374. The van der Waals surface area contributed by atoms with Gasteiger partial charge in [-0.05, 0) is 31.0 Å². The van der Waals surface area contributed by atoms with Crippen LogP contribution in [-0.4, -0.2) is 11.9 Å². The number of carbonyl (C=O) groups excluding carboxylic acids is 1. The summed E-state index contributed by atoms with van der Waals surface area (Å²) in [5.74, 6) is 0.0294. The first-order chi connectivity index (χ1) is 6.70. The summed E-state index contributed by atoms with van der Waals surface area (Å²) in [6.07, 6.45) is 1.01. The molecule has 0 fully saturated rings. The highest BCUT2D eigenvalue weighted by atomic mass is 16.2. The monoisotopic (exact) mass is 190 g/mol. The molecule has 0 bridgehead atoms. The van der Waals surface area contributed by atoms with Gasteiger partial charge in [0.2, 0.25) is 5.91 Å². The smallest absolute Gasteiger partial charge is 0.246 e. The molecule has 1 unspecified atom stereocenters. The molecule has 14 heavy (non-hydrogen) atoms. The molecule has 2 N–H and O–H groups in total. The van der Waals surface area contributed by atoms with Gasteiger partial charge in [-0.15, -0.1) is 0 Å². The minimum absolute atomic E-state index is 0.0294. The zero-order valence-corrected chi connectivity index (χ0v) is 8.42. The molecule has 0 aliphatic carbocycles. The van der Waals surface area contributed by atoms with E-state index in [-0.39, 0.29) is 11.9 Å². The lowest BCUT2D eigenvalue weighted by Gasteiger charge is -2.24. The van der Waals surface area contributed by atoms with E-state index in [0.29, 0.717) is 0 Å². The molecule has 1 atom stereocenters. The fraction of sp³-hybridized carbons (Fsp3) is 0.364. The first kappa shape index (κ1) is 9.06. The van der Waals surface area contributed by atoms with Crippen LogP contribution in [0.1, 0.15) is 19.4 Å². The molecule has 0 aromatic heterocycles. The zero-order chi connectivity index (χ0) is 10.1. The molecule has 1 aliphatic rings. The van der Waals surface area contributed by atoms with E-state index >= 15 is 0 Å². The lowest BCUT2D eigenvalue weighted by atomic mass is 10.1. The third-order valence-corrected chi connectivity index (χ3v) is 2.52. The summed E-state index contributed by atoms with van der Waals surface area (Å²) in [5, 5.41) is 6.03. The van der Waals surface area contributed by atoms with Crippen LogP contribution in [0, 0.1) is 0 Å². The first-order valence-corrected chi connectivity index (χ1v) is 4.91. The maximum atomic E-state index is 11.3. The van der Waals surface area contributed by atoms with Crippen molar-refractivity contribution in [2.24, 2.45) is 0 Å². The molecule has 0 saturated carbocycles. The Morgan fingerprint density at radius 2 is 2.14 bits per heavy atom. The van der Waals surface area contributed by atoms with Crippen LogP contribution in [-0.2, 0) is 11.2 Å². The van der Waals surface area contributed by atoms with Gasteiger partial charge < -0.3 is 10.6 Å². The van der Waals surface area contributed by atoms with Crippen LogP contribution in [0.4, 0.5) is 11.4 Å². The third kappa shape index (κ3) is 1.45. The first-order valence-electron chi connectivity index (χ1n) is 4.91. The largest absolute Gasteiger partial charge is 0.372 e. The van der Waals surface area contributed by atoms with Crippen LogP contribution >= 0.6 is 0 Å². The van der Waals surface area contributed by atoms with Gasteiger partial charge in [0.1, 0.15) is 6.04 Å². The second kappa shape index (κ2) is 3.33. The molecule has 3 heteroatoms. The zero-order valence-electron chi connectivity index (χ0n) is 8.42. The van der Waals surface area contributed by atoms with E-state index in [1.165, 1.54) is 5.56 Å². The van der Waals surface area contributed by atoms with E-state index in [1.54, 1.807) is 0 Å². The van der Waals surface area contributed by atoms with E-state index < -0.39 is 0 Å². The molecule has 1 aromatic carbocycles. The summed E-state index contributed by atoms with van der Waals surface area (Å²) in [6, 6.07) is 5.93. The Labute approximate surface area is 83.5 Å². The molecule has 1 heterocycles. The predicted octanol–water partition coefficient (Wildman–Crippen LogP) is 2.00. The predicted molar refractivity (Wildman–Crippen MR) is 57.5 cm³/mol. The number of fused-ring (bicyclic) bond motifs is 1. The van der Waals surface area contributed by atoms with Gasteiger partial charge in [0.25, 0.3) is 0 Å². The molecule has 0 radical (unpaired) electrons. The molecular formula is C11H14N2O. The number of hydrogen-bond acceptors (Lipinski definition) is 2. The quantitative estimate of drug-likeness (QED) is 0.711. The number of benzene rings is 1. The van der Waals surface area contributed by atoms with Gasteiger partial charge in [0.15, 0.2) is 0 Å². The number of hydrogen-bond donors (Lipinski definition) is 2. The summed E-state index contributed by atoms with van der Waals surface area (Å²) < 4.78 is 0. The Balaban J connectivity index is 2.37. The summed E-state index contributed by atoms with van der Waals surface area (Å²) in [5.41, 5.74) is 3.18. The lowest BCUT2D eigenvalue weighted by molar-refractivity contribution is -0.116. The van der Waals surface area contributed by atoms with Gasteiger partial charge in [0.05, 0.1) is 11.4 Å². The Morgan fingerprint density at radius 3 is 2.86 bits per heavy atom. The van der Waals surface area contributed by atoms with Crippen molar-refractivity contribution in [3.63, 3.8) is 0 Å². The highest BCUT2D eigenvalue weighted by molar-refractivity contribution is 6.02. The van der Waals surface area contributed by atoms with E-state index in [9.17, 15) is 4.79 Å². The van der Waals surface area contributed by atoms with Gasteiger partial charge in [-0.25, -0.2) is 0 Å². The average molecular weight is 190 g/mol. The van der Waals surface area contributed by atoms with Crippen molar-refractivity contribution in [2.45, 2.75) is 26.3 Å². The minimum Gasteiger partial charge on any atom is -0.372 e. The van der Waals surface area contributed by atoms with Gasteiger partial charge in [-0.3, -0.25) is 4.79 Å². The average Bonchev–Trinajstić information content (AvgIpc) is 2.19. The second-order valence-electron chi connectivity index (χ2n) is 3.59. The normalized spacial score (nSPS) is 19.6. The van der Waals surface area contributed by atoms with Gasteiger partial charge in [-0.1, -0.05) is 13.0 Å². The maximum Gasteiger partial charge on any atom is 0.246 e. The summed E-state index contributed by atoms with van der Waals surface area (Å²) >= 11 is 0. The van der Waals surface area contributed by atoms with Gasteiger partial charge >= 0.3 is 0 Å². The molecule has 1 aliphatic heterocycles. The molecule has 3 nitrogen and oxygen atoms in total. The molecule has 2 rings (SSSR count). The van der Waals surface area contributed by atoms with Crippen molar-refractivity contribution in [2.75, 3.05) is 10.6 Å². The number of aryl methyl sites for hydroxylation is 1. The molecule has 1 amide bonds.